The molecule has 1 aromatic heterocycles. The van der Waals surface area contributed by atoms with Crippen molar-refractivity contribution in [2.75, 3.05) is 52.4 Å². The molecule has 5 nitrogen and oxygen atoms in total. The second kappa shape index (κ2) is 7.38. The Hall–Kier alpha value is -0.910. The van der Waals surface area contributed by atoms with Gasteiger partial charge in [-0.15, -0.1) is 0 Å². The second-order valence-corrected chi connectivity index (χ2v) is 6.45. The summed E-state index contributed by atoms with van der Waals surface area (Å²) in [5, 5.41) is 4.09. The van der Waals surface area contributed by atoms with Crippen LogP contribution in [0.15, 0.2) is 10.6 Å². The zero-order chi connectivity index (χ0) is 14.5. The average molecular weight is 292 g/mol. The van der Waals surface area contributed by atoms with Crippen molar-refractivity contribution in [3.8, 4) is 0 Å². The number of rotatable bonds is 5. The number of nitrogens with zero attached hydrogens (tertiary/aromatic N) is 4. The largest absolute Gasteiger partial charge is 0.361 e. The van der Waals surface area contributed by atoms with Gasteiger partial charge in [0.2, 0.25) is 0 Å². The Balaban J connectivity index is 1.34. The minimum absolute atomic E-state index is 0.908. The maximum Gasteiger partial charge on any atom is 0.133 e. The number of aryl methyl sites for hydroxylation is 1. The van der Waals surface area contributed by atoms with Gasteiger partial charge in [-0.2, -0.15) is 0 Å². The van der Waals surface area contributed by atoms with Gasteiger partial charge >= 0.3 is 0 Å². The van der Waals surface area contributed by atoms with Gasteiger partial charge in [0.15, 0.2) is 0 Å². The molecular formula is C16H28N4O. The minimum Gasteiger partial charge on any atom is -0.361 e. The molecular weight excluding hydrogens is 264 g/mol. The topological polar surface area (TPSA) is 35.8 Å². The highest BCUT2D eigenvalue weighted by atomic mass is 16.5. The molecule has 2 saturated heterocycles. The van der Waals surface area contributed by atoms with E-state index >= 15 is 0 Å². The van der Waals surface area contributed by atoms with Crippen LogP contribution in [0.3, 0.4) is 0 Å². The van der Waals surface area contributed by atoms with Crippen LogP contribution in [0.1, 0.15) is 30.7 Å². The number of piperidine rings is 1. The fourth-order valence-electron chi connectivity index (χ4n) is 3.36. The van der Waals surface area contributed by atoms with Crippen molar-refractivity contribution in [2.24, 2.45) is 0 Å². The molecule has 0 spiro atoms. The van der Waals surface area contributed by atoms with Crippen molar-refractivity contribution in [2.45, 2.75) is 32.7 Å². The van der Waals surface area contributed by atoms with Crippen LogP contribution in [-0.4, -0.2) is 72.2 Å². The minimum atomic E-state index is 0.908. The highest BCUT2D eigenvalue weighted by molar-refractivity contribution is 5.03. The van der Waals surface area contributed by atoms with Crippen molar-refractivity contribution in [3.63, 3.8) is 0 Å². The lowest BCUT2D eigenvalue weighted by molar-refractivity contribution is 0.108. The van der Waals surface area contributed by atoms with Gasteiger partial charge in [0, 0.05) is 51.9 Å². The average Bonchev–Trinajstić information content (AvgIpc) is 2.93. The summed E-state index contributed by atoms with van der Waals surface area (Å²) in [6.45, 7) is 12.6. The fourth-order valence-corrected chi connectivity index (χ4v) is 3.36. The molecule has 3 heterocycles. The molecule has 0 unspecified atom stereocenters. The van der Waals surface area contributed by atoms with E-state index in [1.807, 2.05) is 13.0 Å². The van der Waals surface area contributed by atoms with Gasteiger partial charge in [0.1, 0.15) is 5.76 Å². The van der Waals surface area contributed by atoms with Gasteiger partial charge in [-0.3, -0.25) is 9.80 Å². The van der Waals surface area contributed by atoms with E-state index in [0.29, 0.717) is 0 Å². The quantitative estimate of drug-likeness (QED) is 0.823. The summed E-state index contributed by atoms with van der Waals surface area (Å²) in [5.41, 5.74) is 1.06. The summed E-state index contributed by atoms with van der Waals surface area (Å²) in [7, 11) is 0. The van der Waals surface area contributed by atoms with E-state index in [2.05, 4.69) is 19.9 Å². The summed E-state index contributed by atoms with van der Waals surface area (Å²) in [6.07, 6.45) is 4.21. The van der Waals surface area contributed by atoms with Gasteiger partial charge in [-0.25, -0.2) is 0 Å². The van der Waals surface area contributed by atoms with E-state index in [0.717, 1.165) is 31.1 Å². The summed E-state index contributed by atoms with van der Waals surface area (Å²) in [6, 6.07) is 2.04. The van der Waals surface area contributed by atoms with Gasteiger partial charge in [0.25, 0.3) is 0 Å². The number of aromatic nitrogens is 1. The second-order valence-electron chi connectivity index (χ2n) is 6.45. The first-order valence-electron chi connectivity index (χ1n) is 8.39. The third kappa shape index (κ3) is 4.53. The Morgan fingerprint density at radius 3 is 2.14 bits per heavy atom. The molecule has 0 saturated carbocycles. The molecule has 0 amide bonds. The predicted octanol–water partition coefficient (Wildman–Crippen LogP) is 1.59. The lowest BCUT2D eigenvalue weighted by Gasteiger charge is -2.36. The molecule has 0 aliphatic carbocycles. The lowest BCUT2D eigenvalue weighted by atomic mass is 10.1. The molecule has 5 heteroatoms. The van der Waals surface area contributed by atoms with E-state index in [-0.39, 0.29) is 0 Å². The van der Waals surface area contributed by atoms with Crippen LogP contribution in [0, 0.1) is 6.92 Å². The first kappa shape index (κ1) is 15.0. The third-order valence-corrected chi connectivity index (χ3v) is 4.71. The summed E-state index contributed by atoms with van der Waals surface area (Å²) >= 11 is 0. The van der Waals surface area contributed by atoms with Crippen LogP contribution in [0.2, 0.25) is 0 Å². The van der Waals surface area contributed by atoms with Crippen LogP contribution in [0.5, 0.6) is 0 Å². The van der Waals surface area contributed by atoms with Gasteiger partial charge in [-0.05, 0) is 32.9 Å². The molecule has 0 atom stereocenters. The van der Waals surface area contributed by atoms with E-state index in [4.69, 9.17) is 4.52 Å². The highest BCUT2D eigenvalue weighted by Gasteiger charge is 2.19. The molecule has 0 radical (unpaired) electrons. The van der Waals surface area contributed by atoms with E-state index in [9.17, 15) is 0 Å². The Bertz CT molecular complexity index is 420. The smallest absolute Gasteiger partial charge is 0.133 e. The van der Waals surface area contributed by atoms with Gasteiger partial charge < -0.3 is 9.42 Å². The Kier molecular flexibility index (Phi) is 5.27. The fraction of sp³-hybridized carbons (Fsp3) is 0.812. The molecule has 0 N–H and O–H groups in total. The molecule has 3 rings (SSSR count). The predicted molar refractivity (Wildman–Crippen MR) is 83.2 cm³/mol. The molecule has 2 aliphatic heterocycles. The molecule has 118 valence electrons. The summed E-state index contributed by atoms with van der Waals surface area (Å²) < 4.78 is 5.14. The summed E-state index contributed by atoms with van der Waals surface area (Å²) in [5.74, 6) is 0.908. The molecule has 1 aromatic rings. The van der Waals surface area contributed by atoms with Crippen molar-refractivity contribution in [1.29, 1.82) is 0 Å². The summed E-state index contributed by atoms with van der Waals surface area (Å²) in [4.78, 5) is 7.72. The maximum atomic E-state index is 5.14. The van der Waals surface area contributed by atoms with Crippen molar-refractivity contribution in [1.82, 2.24) is 19.9 Å². The molecule has 2 fully saturated rings. The standard InChI is InChI=1S/C16H28N4O/c1-15-13-16(17-21-15)14-20-11-9-19(10-12-20)8-7-18-5-3-2-4-6-18/h13H,2-12,14H2,1H3. The molecule has 21 heavy (non-hydrogen) atoms. The van der Waals surface area contributed by atoms with Crippen LogP contribution in [0.25, 0.3) is 0 Å². The van der Waals surface area contributed by atoms with Gasteiger partial charge in [0.05, 0.1) is 5.69 Å². The van der Waals surface area contributed by atoms with Gasteiger partial charge in [-0.1, -0.05) is 11.6 Å². The zero-order valence-corrected chi connectivity index (χ0v) is 13.3. The molecule has 0 aromatic carbocycles. The van der Waals surface area contributed by atoms with E-state index in [1.54, 1.807) is 0 Å². The molecule has 0 bridgehead atoms. The molecule has 2 aliphatic rings. The SMILES string of the molecule is Cc1cc(CN2CCN(CCN3CCCCC3)CC2)no1. The van der Waals surface area contributed by atoms with Crippen molar-refractivity contribution >= 4 is 0 Å². The number of likely N-dealkylation sites (tertiary alicyclic amines) is 1. The Morgan fingerprint density at radius 1 is 0.905 bits per heavy atom. The van der Waals surface area contributed by atoms with Crippen molar-refractivity contribution in [3.05, 3.63) is 17.5 Å². The van der Waals surface area contributed by atoms with Crippen LogP contribution >= 0.6 is 0 Å². The van der Waals surface area contributed by atoms with Crippen LogP contribution < -0.4 is 0 Å². The van der Waals surface area contributed by atoms with Crippen molar-refractivity contribution < 1.29 is 4.52 Å². The van der Waals surface area contributed by atoms with E-state index < -0.39 is 0 Å². The van der Waals surface area contributed by atoms with Crippen LogP contribution in [-0.2, 0) is 6.54 Å². The Labute approximate surface area is 127 Å². The first-order valence-corrected chi connectivity index (χ1v) is 8.39. The monoisotopic (exact) mass is 292 g/mol. The third-order valence-electron chi connectivity index (χ3n) is 4.71. The Morgan fingerprint density at radius 2 is 1.52 bits per heavy atom. The number of piperazine rings is 1. The lowest BCUT2D eigenvalue weighted by Crippen LogP contribution is -2.48. The van der Waals surface area contributed by atoms with Crippen LogP contribution in [0.4, 0.5) is 0 Å². The van der Waals surface area contributed by atoms with E-state index in [1.165, 1.54) is 58.5 Å². The maximum absolute atomic E-state index is 5.14. The normalized spacial score (nSPS) is 22.7. The number of hydrogen-bond donors (Lipinski definition) is 0. The highest BCUT2D eigenvalue weighted by Crippen LogP contribution is 2.11. The number of hydrogen-bond acceptors (Lipinski definition) is 5. The zero-order valence-electron chi connectivity index (χ0n) is 13.3. The first-order chi connectivity index (χ1) is 10.3.